The van der Waals surface area contributed by atoms with Crippen LogP contribution in [0.5, 0.6) is 0 Å². The zero-order chi connectivity index (χ0) is 21.1. The number of rotatable bonds is 5. The van der Waals surface area contributed by atoms with Crippen LogP contribution < -0.4 is 5.32 Å². The van der Waals surface area contributed by atoms with Crippen molar-refractivity contribution in [2.45, 2.75) is 6.92 Å². The average Bonchev–Trinajstić information content (AvgIpc) is 2.75. The molecule has 0 aliphatic carbocycles. The molecule has 0 aliphatic heterocycles. The number of Topliss-reactive ketones (excluding diaryl/α,β-unsaturated/α-hetero) is 1. The van der Waals surface area contributed by atoms with E-state index in [9.17, 15) is 13.6 Å². The molecule has 0 atom stereocenters. The second-order valence-electron chi connectivity index (χ2n) is 6.90. The molecular weight excluding hydrogens is 382 g/mol. The maximum absolute atomic E-state index is 13.3. The molecule has 0 radical (unpaired) electrons. The van der Waals surface area contributed by atoms with Gasteiger partial charge in [-0.1, -0.05) is 0 Å². The van der Waals surface area contributed by atoms with E-state index < -0.39 is 0 Å². The van der Waals surface area contributed by atoms with Crippen LogP contribution in [0.15, 0.2) is 84.9 Å². The first-order valence-corrected chi connectivity index (χ1v) is 9.40. The topological polar surface area (TPSA) is 42.0 Å². The maximum atomic E-state index is 13.3. The van der Waals surface area contributed by atoms with Crippen LogP contribution in [0.2, 0.25) is 0 Å². The first-order chi connectivity index (χ1) is 14.5. The van der Waals surface area contributed by atoms with Gasteiger partial charge in [-0.15, -0.1) is 0 Å². The fraction of sp³-hybridized carbons (Fsp3) is 0.0400. The molecule has 0 saturated carbocycles. The second-order valence-corrected chi connectivity index (χ2v) is 6.90. The Bertz CT molecular complexity index is 1120. The number of nitrogens with zero attached hydrogens (tertiary/aromatic N) is 1. The summed E-state index contributed by atoms with van der Waals surface area (Å²) in [6, 6.07) is 23.1. The van der Waals surface area contributed by atoms with Crippen molar-refractivity contribution in [3.05, 3.63) is 102 Å². The highest BCUT2D eigenvalue weighted by atomic mass is 19.1. The van der Waals surface area contributed by atoms with Gasteiger partial charge in [-0.2, -0.15) is 0 Å². The van der Waals surface area contributed by atoms with E-state index in [2.05, 4.69) is 10.3 Å². The number of pyridine rings is 1. The molecule has 1 heterocycles. The summed E-state index contributed by atoms with van der Waals surface area (Å²) >= 11 is 0. The Labute approximate surface area is 173 Å². The smallest absolute Gasteiger partial charge is 0.159 e. The quantitative estimate of drug-likeness (QED) is 0.382. The summed E-state index contributed by atoms with van der Waals surface area (Å²) in [7, 11) is 0. The summed E-state index contributed by atoms with van der Waals surface area (Å²) in [5.74, 6) is -0.641. The van der Waals surface area contributed by atoms with Crippen LogP contribution in [-0.2, 0) is 0 Å². The molecule has 0 amide bonds. The first-order valence-electron chi connectivity index (χ1n) is 9.40. The van der Waals surface area contributed by atoms with E-state index in [0.717, 1.165) is 22.5 Å². The molecule has 5 heteroatoms. The third kappa shape index (κ3) is 4.41. The van der Waals surface area contributed by atoms with Crippen LogP contribution >= 0.6 is 0 Å². The van der Waals surface area contributed by atoms with Gasteiger partial charge >= 0.3 is 0 Å². The van der Waals surface area contributed by atoms with E-state index in [-0.39, 0.29) is 17.4 Å². The minimum absolute atomic E-state index is 0.00246. The van der Waals surface area contributed by atoms with Crippen molar-refractivity contribution in [1.29, 1.82) is 0 Å². The molecule has 148 valence electrons. The number of hydrogen-bond acceptors (Lipinski definition) is 3. The zero-order valence-electron chi connectivity index (χ0n) is 16.2. The average molecular weight is 400 g/mol. The Balaban J connectivity index is 1.75. The molecule has 0 saturated heterocycles. The lowest BCUT2D eigenvalue weighted by atomic mass is 10.1. The van der Waals surface area contributed by atoms with Crippen molar-refractivity contribution in [2.75, 3.05) is 5.32 Å². The van der Waals surface area contributed by atoms with Crippen LogP contribution in [0.25, 0.3) is 22.5 Å². The van der Waals surface area contributed by atoms with Crippen molar-refractivity contribution in [2.24, 2.45) is 0 Å². The van der Waals surface area contributed by atoms with Gasteiger partial charge in [-0.25, -0.2) is 13.8 Å². The molecule has 0 unspecified atom stereocenters. The van der Waals surface area contributed by atoms with Gasteiger partial charge < -0.3 is 5.32 Å². The summed E-state index contributed by atoms with van der Waals surface area (Å²) in [4.78, 5) is 16.2. The molecule has 1 N–H and O–H groups in total. The molecule has 3 nitrogen and oxygen atoms in total. The normalized spacial score (nSPS) is 10.6. The van der Waals surface area contributed by atoms with Gasteiger partial charge in [-0.3, -0.25) is 4.79 Å². The molecule has 30 heavy (non-hydrogen) atoms. The first kappa shape index (κ1) is 19.5. The Morgan fingerprint density at radius 2 is 1.17 bits per heavy atom. The third-order valence-corrected chi connectivity index (χ3v) is 4.69. The maximum Gasteiger partial charge on any atom is 0.159 e. The number of anilines is 2. The Hall–Kier alpha value is -3.86. The van der Waals surface area contributed by atoms with E-state index in [4.69, 9.17) is 0 Å². The highest BCUT2D eigenvalue weighted by Crippen LogP contribution is 2.29. The van der Waals surface area contributed by atoms with Crippen LogP contribution in [-0.4, -0.2) is 10.8 Å². The van der Waals surface area contributed by atoms with Crippen LogP contribution in [0.1, 0.15) is 17.3 Å². The predicted molar refractivity (Wildman–Crippen MR) is 115 cm³/mol. The molecule has 0 spiro atoms. The van der Waals surface area contributed by atoms with Crippen LogP contribution in [0.3, 0.4) is 0 Å². The summed E-state index contributed by atoms with van der Waals surface area (Å²) in [5, 5.41) is 3.31. The van der Waals surface area contributed by atoms with Gasteiger partial charge in [0, 0.05) is 28.1 Å². The van der Waals surface area contributed by atoms with Gasteiger partial charge in [0.25, 0.3) is 0 Å². The minimum atomic E-state index is -0.322. The van der Waals surface area contributed by atoms with E-state index in [1.807, 2.05) is 24.3 Å². The second kappa shape index (κ2) is 8.25. The van der Waals surface area contributed by atoms with Gasteiger partial charge in [-0.05, 0) is 91.9 Å². The van der Waals surface area contributed by atoms with E-state index in [1.165, 1.54) is 31.2 Å². The molecule has 4 aromatic rings. The molecular formula is C25H18F2N2O. The van der Waals surface area contributed by atoms with Gasteiger partial charge in [0.05, 0.1) is 11.4 Å². The number of hydrogen-bond donors (Lipinski definition) is 1. The van der Waals surface area contributed by atoms with Crippen molar-refractivity contribution < 1.29 is 13.6 Å². The fourth-order valence-electron chi connectivity index (χ4n) is 3.09. The molecule has 0 fully saturated rings. The molecule has 4 rings (SSSR count). The highest BCUT2D eigenvalue weighted by Gasteiger charge is 2.09. The predicted octanol–water partition coefficient (Wildman–Crippen LogP) is 6.64. The lowest BCUT2D eigenvalue weighted by Crippen LogP contribution is -1.97. The monoisotopic (exact) mass is 400 g/mol. The summed E-state index contributed by atoms with van der Waals surface area (Å²) in [6.07, 6.45) is 0. The van der Waals surface area contributed by atoms with Gasteiger partial charge in [0.15, 0.2) is 5.78 Å². The minimum Gasteiger partial charge on any atom is -0.355 e. The number of aromatic nitrogens is 1. The Kier molecular flexibility index (Phi) is 5.35. The number of halogens is 2. The van der Waals surface area contributed by atoms with Gasteiger partial charge in [0.1, 0.15) is 11.6 Å². The largest absolute Gasteiger partial charge is 0.355 e. The van der Waals surface area contributed by atoms with Crippen molar-refractivity contribution in [3.8, 4) is 22.5 Å². The molecule has 0 aliphatic rings. The highest BCUT2D eigenvalue weighted by molar-refractivity contribution is 5.94. The van der Waals surface area contributed by atoms with Gasteiger partial charge in [0.2, 0.25) is 0 Å². The van der Waals surface area contributed by atoms with E-state index in [1.54, 1.807) is 36.4 Å². The molecule has 3 aromatic carbocycles. The van der Waals surface area contributed by atoms with Crippen LogP contribution in [0.4, 0.5) is 20.2 Å². The SMILES string of the molecule is CC(=O)c1ccc(Nc2cc(-c3ccc(F)cc3)nc(-c3ccc(F)cc3)c2)cc1. The Morgan fingerprint density at radius 3 is 1.60 bits per heavy atom. The Morgan fingerprint density at radius 1 is 0.700 bits per heavy atom. The zero-order valence-corrected chi connectivity index (χ0v) is 16.2. The third-order valence-electron chi connectivity index (χ3n) is 4.69. The lowest BCUT2D eigenvalue weighted by molar-refractivity contribution is 0.101. The van der Waals surface area contributed by atoms with Crippen LogP contribution in [0, 0.1) is 11.6 Å². The fourth-order valence-corrected chi connectivity index (χ4v) is 3.09. The van der Waals surface area contributed by atoms with E-state index in [0.29, 0.717) is 17.0 Å². The van der Waals surface area contributed by atoms with Crippen molar-refractivity contribution in [3.63, 3.8) is 0 Å². The lowest BCUT2D eigenvalue weighted by Gasteiger charge is -2.12. The standard InChI is InChI=1S/C25H18F2N2O/c1-16(30)17-6-12-22(13-7-17)28-23-14-24(18-2-8-20(26)9-3-18)29-25(15-23)19-4-10-21(27)11-5-19/h2-15H,1H3,(H,28,29). The summed E-state index contributed by atoms with van der Waals surface area (Å²) < 4.78 is 26.7. The number of carbonyl (C=O) groups excluding carboxylic acids is 1. The van der Waals surface area contributed by atoms with Crippen molar-refractivity contribution >= 4 is 17.2 Å². The van der Waals surface area contributed by atoms with Crippen molar-refractivity contribution in [1.82, 2.24) is 4.98 Å². The number of nitrogens with one attached hydrogen (secondary N) is 1. The number of benzene rings is 3. The molecule has 1 aromatic heterocycles. The number of ketones is 1. The molecule has 0 bridgehead atoms. The summed E-state index contributed by atoms with van der Waals surface area (Å²) in [5.41, 5.74) is 5.03. The summed E-state index contributed by atoms with van der Waals surface area (Å²) in [6.45, 7) is 1.52. The number of carbonyl (C=O) groups is 1. The van der Waals surface area contributed by atoms with E-state index >= 15 is 0 Å².